The minimum Gasteiger partial charge on any atom is -0.393 e. The van der Waals surface area contributed by atoms with Crippen LogP contribution in [0.1, 0.15) is 34.1 Å². The summed E-state index contributed by atoms with van der Waals surface area (Å²) in [5, 5.41) is 9.92. The quantitative estimate of drug-likeness (QED) is 0.774. The van der Waals surface area contributed by atoms with E-state index in [0.717, 1.165) is 32.7 Å². The van der Waals surface area contributed by atoms with E-state index < -0.39 is 0 Å². The van der Waals surface area contributed by atoms with Crippen LogP contribution in [0.25, 0.3) is 0 Å². The fraction of sp³-hybridized carbons (Fsp3) is 1.00. The summed E-state index contributed by atoms with van der Waals surface area (Å²) < 4.78 is 5.48. The molecule has 1 rings (SSSR count). The normalized spacial score (nSPS) is 26.6. The van der Waals surface area contributed by atoms with Crippen molar-refractivity contribution in [1.29, 1.82) is 0 Å². The third-order valence-electron chi connectivity index (χ3n) is 3.04. The molecule has 1 fully saturated rings. The summed E-state index contributed by atoms with van der Waals surface area (Å²) in [6.45, 7) is 12.2. The summed E-state index contributed by atoms with van der Waals surface area (Å²) in [6.07, 6.45) is 0.983. The number of aliphatic hydroxyl groups excluding tert-OH is 1. The highest BCUT2D eigenvalue weighted by Gasteiger charge is 2.23. The van der Waals surface area contributed by atoms with Crippen molar-refractivity contribution in [3.8, 4) is 0 Å². The van der Waals surface area contributed by atoms with E-state index >= 15 is 0 Å². The van der Waals surface area contributed by atoms with Gasteiger partial charge in [-0.25, -0.2) is 0 Å². The van der Waals surface area contributed by atoms with E-state index in [0.29, 0.717) is 6.10 Å². The van der Waals surface area contributed by atoms with Crippen LogP contribution < -0.4 is 0 Å². The zero-order chi connectivity index (χ0) is 11.5. The zero-order valence-corrected chi connectivity index (χ0v) is 10.5. The third kappa shape index (κ3) is 4.49. The summed E-state index contributed by atoms with van der Waals surface area (Å²) in [5.41, 5.74) is -0.00208. The number of aliphatic hydroxyl groups is 1. The lowest BCUT2D eigenvalue weighted by atomic mass is 9.87. The number of ether oxygens (including phenoxy) is 1. The lowest BCUT2D eigenvalue weighted by Gasteiger charge is -2.33. The van der Waals surface area contributed by atoms with E-state index in [1.165, 1.54) is 0 Å². The fourth-order valence-electron chi connectivity index (χ4n) is 1.83. The molecule has 3 heteroatoms. The van der Waals surface area contributed by atoms with Gasteiger partial charge < -0.3 is 9.84 Å². The molecular weight excluding hydrogens is 190 g/mol. The molecule has 0 spiro atoms. The zero-order valence-electron chi connectivity index (χ0n) is 10.5. The first-order chi connectivity index (χ1) is 6.89. The Balaban J connectivity index is 2.24. The number of morpholine rings is 1. The first-order valence-corrected chi connectivity index (χ1v) is 5.91. The van der Waals surface area contributed by atoms with E-state index in [-0.39, 0.29) is 11.5 Å². The van der Waals surface area contributed by atoms with Crippen molar-refractivity contribution in [3.63, 3.8) is 0 Å². The van der Waals surface area contributed by atoms with Crippen molar-refractivity contribution in [2.45, 2.75) is 46.3 Å². The number of hydrogen-bond donors (Lipinski definition) is 1. The molecule has 0 aromatic rings. The average Bonchev–Trinajstić information content (AvgIpc) is 2.12. The predicted molar refractivity (Wildman–Crippen MR) is 61.9 cm³/mol. The van der Waals surface area contributed by atoms with Gasteiger partial charge in [0, 0.05) is 19.6 Å². The molecule has 1 aliphatic heterocycles. The Labute approximate surface area is 93.4 Å². The first-order valence-electron chi connectivity index (χ1n) is 5.91. The Hall–Kier alpha value is -0.120. The molecule has 0 saturated carbocycles. The van der Waals surface area contributed by atoms with Crippen LogP contribution in [-0.2, 0) is 4.74 Å². The standard InChI is InChI=1S/C12H25NO2/c1-10-9-13(7-8-15-10)6-5-11(14)12(2,3)4/h10-11,14H,5-9H2,1-4H3. The summed E-state index contributed by atoms with van der Waals surface area (Å²) in [5.74, 6) is 0. The monoisotopic (exact) mass is 215 g/mol. The van der Waals surface area contributed by atoms with Gasteiger partial charge in [0.05, 0.1) is 18.8 Å². The molecule has 0 aromatic heterocycles. The van der Waals surface area contributed by atoms with Crippen molar-refractivity contribution in [2.75, 3.05) is 26.2 Å². The Morgan fingerprint density at radius 1 is 1.47 bits per heavy atom. The molecule has 0 aromatic carbocycles. The highest BCUT2D eigenvalue weighted by atomic mass is 16.5. The molecule has 0 bridgehead atoms. The molecular formula is C12H25NO2. The minimum atomic E-state index is -0.212. The molecule has 90 valence electrons. The second-order valence-corrected chi connectivity index (χ2v) is 5.65. The Morgan fingerprint density at radius 3 is 2.67 bits per heavy atom. The van der Waals surface area contributed by atoms with Gasteiger partial charge in [0.25, 0.3) is 0 Å². The van der Waals surface area contributed by atoms with Gasteiger partial charge in [-0.15, -0.1) is 0 Å². The summed E-state index contributed by atoms with van der Waals surface area (Å²) in [6, 6.07) is 0. The molecule has 1 aliphatic rings. The van der Waals surface area contributed by atoms with Gasteiger partial charge in [0.1, 0.15) is 0 Å². The van der Waals surface area contributed by atoms with Gasteiger partial charge in [-0.3, -0.25) is 4.90 Å². The van der Waals surface area contributed by atoms with E-state index in [4.69, 9.17) is 4.74 Å². The van der Waals surface area contributed by atoms with Crippen LogP contribution >= 0.6 is 0 Å². The third-order valence-corrected chi connectivity index (χ3v) is 3.04. The van der Waals surface area contributed by atoms with Crippen LogP contribution in [0, 0.1) is 5.41 Å². The fourth-order valence-corrected chi connectivity index (χ4v) is 1.83. The molecule has 0 radical (unpaired) electrons. The summed E-state index contributed by atoms with van der Waals surface area (Å²) >= 11 is 0. The minimum absolute atomic E-state index is 0.00208. The van der Waals surface area contributed by atoms with Gasteiger partial charge in [0.15, 0.2) is 0 Å². The number of hydrogen-bond acceptors (Lipinski definition) is 3. The number of rotatable bonds is 3. The maximum Gasteiger partial charge on any atom is 0.0674 e. The molecule has 1 N–H and O–H groups in total. The lowest BCUT2D eigenvalue weighted by molar-refractivity contribution is -0.0275. The van der Waals surface area contributed by atoms with E-state index in [9.17, 15) is 5.11 Å². The second kappa shape index (κ2) is 5.28. The van der Waals surface area contributed by atoms with Crippen molar-refractivity contribution in [3.05, 3.63) is 0 Å². The SMILES string of the molecule is CC1CN(CCC(O)C(C)(C)C)CCO1. The second-order valence-electron chi connectivity index (χ2n) is 5.65. The lowest BCUT2D eigenvalue weighted by Crippen LogP contribution is -2.43. The maximum absolute atomic E-state index is 9.92. The predicted octanol–water partition coefficient (Wildman–Crippen LogP) is 1.50. The van der Waals surface area contributed by atoms with Crippen LogP contribution in [-0.4, -0.2) is 48.5 Å². The molecule has 0 amide bonds. The Morgan fingerprint density at radius 2 is 2.13 bits per heavy atom. The number of nitrogens with zero attached hydrogens (tertiary/aromatic N) is 1. The van der Waals surface area contributed by atoms with Crippen LogP contribution in [0.3, 0.4) is 0 Å². The van der Waals surface area contributed by atoms with Crippen molar-refractivity contribution < 1.29 is 9.84 Å². The summed E-state index contributed by atoms with van der Waals surface area (Å²) in [4.78, 5) is 2.38. The van der Waals surface area contributed by atoms with Crippen LogP contribution in [0.2, 0.25) is 0 Å². The van der Waals surface area contributed by atoms with E-state index in [2.05, 4.69) is 32.6 Å². The maximum atomic E-state index is 9.92. The van der Waals surface area contributed by atoms with E-state index in [1.54, 1.807) is 0 Å². The highest BCUT2D eigenvalue weighted by Crippen LogP contribution is 2.21. The van der Waals surface area contributed by atoms with Crippen molar-refractivity contribution in [2.24, 2.45) is 5.41 Å². The largest absolute Gasteiger partial charge is 0.393 e. The van der Waals surface area contributed by atoms with Gasteiger partial charge in [-0.05, 0) is 18.8 Å². The van der Waals surface area contributed by atoms with Gasteiger partial charge in [-0.2, -0.15) is 0 Å². The molecule has 1 heterocycles. The summed E-state index contributed by atoms with van der Waals surface area (Å²) in [7, 11) is 0. The Bertz CT molecular complexity index is 189. The van der Waals surface area contributed by atoms with Gasteiger partial charge in [-0.1, -0.05) is 20.8 Å². The molecule has 2 atom stereocenters. The Kier molecular flexibility index (Phi) is 4.56. The van der Waals surface area contributed by atoms with E-state index in [1.807, 2.05) is 0 Å². The average molecular weight is 215 g/mol. The topological polar surface area (TPSA) is 32.7 Å². The highest BCUT2D eigenvalue weighted by molar-refractivity contribution is 4.75. The molecule has 1 saturated heterocycles. The first kappa shape index (κ1) is 12.9. The van der Waals surface area contributed by atoms with Gasteiger partial charge >= 0.3 is 0 Å². The van der Waals surface area contributed by atoms with Gasteiger partial charge in [0.2, 0.25) is 0 Å². The van der Waals surface area contributed by atoms with Crippen LogP contribution in [0.5, 0.6) is 0 Å². The van der Waals surface area contributed by atoms with Crippen molar-refractivity contribution in [1.82, 2.24) is 4.90 Å². The molecule has 3 nitrogen and oxygen atoms in total. The van der Waals surface area contributed by atoms with Crippen LogP contribution in [0.4, 0.5) is 0 Å². The van der Waals surface area contributed by atoms with Crippen LogP contribution in [0.15, 0.2) is 0 Å². The molecule has 0 aliphatic carbocycles. The molecule has 2 unspecified atom stereocenters. The molecule has 15 heavy (non-hydrogen) atoms. The van der Waals surface area contributed by atoms with Crippen molar-refractivity contribution >= 4 is 0 Å². The smallest absolute Gasteiger partial charge is 0.0674 e.